The van der Waals surface area contributed by atoms with Crippen LogP contribution in [0.1, 0.15) is 37.7 Å². The van der Waals surface area contributed by atoms with E-state index in [-0.39, 0.29) is 31.3 Å². The van der Waals surface area contributed by atoms with E-state index in [9.17, 15) is 14.0 Å². The maximum Gasteiger partial charge on any atom is 0.243 e. The third-order valence-corrected chi connectivity index (χ3v) is 6.42. The number of hydrogen-bond acceptors (Lipinski definition) is 5. The van der Waals surface area contributed by atoms with Crippen molar-refractivity contribution < 1.29 is 14.0 Å². The monoisotopic (exact) mass is 448 g/mol. The summed E-state index contributed by atoms with van der Waals surface area (Å²) in [4.78, 5) is 31.1. The molecule has 0 unspecified atom stereocenters. The van der Waals surface area contributed by atoms with Crippen molar-refractivity contribution in [2.24, 2.45) is 11.7 Å². The lowest BCUT2D eigenvalue weighted by Gasteiger charge is -2.28. The Morgan fingerprint density at radius 3 is 2.81 bits per heavy atom. The van der Waals surface area contributed by atoms with Crippen LogP contribution in [0.2, 0.25) is 5.02 Å². The van der Waals surface area contributed by atoms with E-state index < -0.39 is 24.2 Å². The Hall–Kier alpha value is -2.52. The van der Waals surface area contributed by atoms with E-state index in [2.05, 4.69) is 15.4 Å². The van der Waals surface area contributed by atoms with Crippen LogP contribution in [-0.4, -0.2) is 56.3 Å². The van der Waals surface area contributed by atoms with Crippen molar-refractivity contribution in [3.8, 4) is 5.69 Å². The first-order valence-electron chi connectivity index (χ1n) is 10.6. The van der Waals surface area contributed by atoms with E-state index in [0.717, 1.165) is 31.2 Å². The zero-order valence-corrected chi connectivity index (χ0v) is 17.8. The number of nitrogens with zero attached hydrogens (tertiary/aromatic N) is 4. The van der Waals surface area contributed by atoms with E-state index in [1.165, 1.54) is 11.2 Å². The molecule has 2 aliphatic rings. The van der Waals surface area contributed by atoms with Gasteiger partial charge in [-0.15, -0.1) is 0 Å². The van der Waals surface area contributed by atoms with E-state index in [1.54, 1.807) is 29.2 Å². The molecule has 2 amide bonds. The van der Waals surface area contributed by atoms with Gasteiger partial charge in [0.1, 0.15) is 24.9 Å². The van der Waals surface area contributed by atoms with Crippen LogP contribution in [0.25, 0.3) is 5.69 Å². The molecule has 0 spiro atoms. The van der Waals surface area contributed by atoms with Crippen LogP contribution >= 0.6 is 11.6 Å². The minimum atomic E-state index is -1.24. The highest BCUT2D eigenvalue weighted by Crippen LogP contribution is 2.30. The Labute approximate surface area is 184 Å². The summed E-state index contributed by atoms with van der Waals surface area (Å²) in [6, 6.07) is 3.67. The number of halogens is 2. The molecule has 4 rings (SSSR count). The van der Waals surface area contributed by atoms with Crippen LogP contribution in [0.3, 0.4) is 0 Å². The van der Waals surface area contributed by atoms with Crippen LogP contribution in [0.4, 0.5) is 4.39 Å². The molecule has 1 aromatic carbocycles. The number of nitrogens with two attached hydrogens (primary N) is 1. The normalized spacial score (nSPS) is 22.6. The first-order chi connectivity index (χ1) is 14.9. The second kappa shape index (κ2) is 9.32. The van der Waals surface area contributed by atoms with Crippen molar-refractivity contribution in [1.82, 2.24) is 25.0 Å². The molecule has 10 heteroatoms. The van der Waals surface area contributed by atoms with Crippen LogP contribution in [0, 0.1) is 5.92 Å². The topological polar surface area (TPSA) is 106 Å². The van der Waals surface area contributed by atoms with Crippen molar-refractivity contribution >= 4 is 23.4 Å². The summed E-state index contributed by atoms with van der Waals surface area (Å²) in [5, 5.41) is 7.45. The van der Waals surface area contributed by atoms with Crippen LogP contribution in [-0.2, 0) is 16.1 Å². The predicted octanol–water partition coefficient (Wildman–Crippen LogP) is 1.99. The van der Waals surface area contributed by atoms with Gasteiger partial charge in [-0.2, -0.15) is 5.10 Å². The molecule has 8 nitrogen and oxygen atoms in total. The molecule has 1 aliphatic carbocycles. The molecule has 166 valence electrons. The summed E-state index contributed by atoms with van der Waals surface area (Å²) in [6.45, 7) is 0.0530. The Balaban J connectivity index is 1.45. The lowest BCUT2D eigenvalue weighted by Crippen LogP contribution is -2.53. The van der Waals surface area contributed by atoms with E-state index in [4.69, 9.17) is 17.3 Å². The largest absolute Gasteiger partial charge is 0.350 e. The number of aromatic nitrogens is 3. The molecule has 3 atom stereocenters. The highest BCUT2D eigenvalue weighted by atomic mass is 35.5. The predicted molar refractivity (Wildman–Crippen MR) is 113 cm³/mol. The standard InChI is InChI=1S/C21H26ClFN6O2/c22-15-5-6-17(29-12-25-11-27-29)14(7-15)9-26-20(30)18-8-16(23)10-28(18)21(31)19(24)13-3-1-2-4-13/h5-7,11-13,16,18-19H,1-4,8-10,24H2,(H,26,30)/t16-,18+,19-/m1/s1. The number of carbonyl (C=O) groups excluding carboxylic acids is 2. The quantitative estimate of drug-likeness (QED) is 0.703. The van der Waals surface area contributed by atoms with Crippen molar-refractivity contribution in [2.75, 3.05) is 6.54 Å². The highest BCUT2D eigenvalue weighted by Gasteiger charge is 2.42. The number of rotatable bonds is 6. The average Bonchev–Trinajstić information content (AvgIpc) is 3.52. The minimum Gasteiger partial charge on any atom is -0.350 e. The molecule has 1 saturated carbocycles. The van der Waals surface area contributed by atoms with Crippen LogP contribution in [0.15, 0.2) is 30.9 Å². The number of likely N-dealkylation sites (tertiary alicyclic amines) is 1. The minimum absolute atomic E-state index is 0.0273. The SMILES string of the molecule is N[C@@H](C(=O)N1C[C@H](F)C[C@H]1C(=O)NCc1cc(Cl)ccc1-n1cncn1)C1CCCC1. The number of alkyl halides is 1. The number of carbonyl (C=O) groups is 2. The van der Waals surface area contributed by atoms with Gasteiger partial charge in [-0.3, -0.25) is 9.59 Å². The van der Waals surface area contributed by atoms with Gasteiger partial charge in [-0.1, -0.05) is 24.4 Å². The first-order valence-corrected chi connectivity index (χ1v) is 10.9. The van der Waals surface area contributed by atoms with Gasteiger partial charge in [0.2, 0.25) is 11.8 Å². The maximum absolute atomic E-state index is 14.2. The molecule has 1 aliphatic heterocycles. The molecule has 3 N–H and O–H groups in total. The molecule has 2 heterocycles. The maximum atomic E-state index is 14.2. The highest BCUT2D eigenvalue weighted by molar-refractivity contribution is 6.30. The lowest BCUT2D eigenvalue weighted by molar-refractivity contribution is -0.140. The number of amides is 2. The molecule has 1 saturated heterocycles. The number of hydrogen-bond donors (Lipinski definition) is 2. The summed E-state index contributed by atoms with van der Waals surface area (Å²) >= 11 is 6.13. The smallest absolute Gasteiger partial charge is 0.243 e. The van der Waals surface area contributed by atoms with Crippen LogP contribution in [0.5, 0.6) is 0 Å². The third kappa shape index (κ3) is 4.72. The Kier molecular flexibility index (Phi) is 6.52. The van der Waals surface area contributed by atoms with Gasteiger partial charge in [0.05, 0.1) is 18.3 Å². The molecule has 2 aromatic rings. The van der Waals surface area contributed by atoms with Gasteiger partial charge in [-0.05, 0) is 42.5 Å². The van der Waals surface area contributed by atoms with E-state index in [1.807, 2.05) is 0 Å². The Morgan fingerprint density at radius 2 is 2.10 bits per heavy atom. The third-order valence-electron chi connectivity index (χ3n) is 6.19. The van der Waals surface area contributed by atoms with Crippen molar-refractivity contribution in [1.29, 1.82) is 0 Å². The van der Waals surface area contributed by atoms with E-state index in [0.29, 0.717) is 10.7 Å². The molecular formula is C21H26ClFN6O2. The summed E-state index contributed by atoms with van der Waals surface area (Å²) < 4.78 is 15.8. The van der Waals surface area contributed by atoms with E-state index >= 15 is 0 Å². The number of nitrogens with one attached hydrogen (secondary N) is 1. The van der Waals surface area contributed by atoms with Gasteiger partial charge in [0.15, 0.2) is 0 Å². The van der Waals surface area contributed by atoms with Crippen molar-refractivity contribution in [3.63, 3.8) is 0 Å². The Morgan fingerprint density at radius 1 is 1.32 bits per heavy atom. The zero-order valence-electron chi connectivity index (χ0n) is 17.1. The average molecular weight is 449 g/mol. The number of benzene rings is 1. The molecular weight excluding hydrogens is 423 g/mol. The van der Waals surface area contributed by atoms with Gasteiger partial charge in [-0.25, -0.2) is 14.1 Å². The zero-order chi connectivity index (χ0) is 22.0. The van der Waals surface area contributed by atoms with Gasteiger partial charge >= 0.3 is 0 Å². The summed E-state index contributed by atoms with van der Waals surface area (Å²) in [5.74, 6) is -0.638. The molecule has 0 bridgehead atoms. The molecule has 2 fully saturated rings. The fourth-order valence-corrected chi connectivity index (χ4v) is 4.73. The molecule has 0 radical (unpaired) electrons. The second-order valence-electron chi connectivity index (χ2n) is 8.24. The molecule has 1 aromatic heterocycles. The van der Waals surface area contributed by atoms with Crippen LogP contribution < -0.4 is 11.1 Å². The lowest BCUT2D eigenvalue weighted by atomic mass is 9.97. The first kappa shape index (κ1) is 21.7. The fraction of sp³-hybridized carbons (Fsp3) is 0.524. The summed E-state index contributed by atoms with van der Waals surface area (Å²) in [5.41, 5.74) is 7.63. The van der Waals surface area contributed by atoms with Crippen molar-refractivity contribution in [3.05, 3.63) is 41.4 Å². The van der Waals surface area contributed by atoms with Gasteiger partial charge in [0.25, 0.3) is 0 Å². The van der Waals surface area contributed by atoms with Gasteiger partial charge < -0.3 is 16.0 Å². The second-order valence-corrected chi connectivity index (χ2v) is 8.68. The summed E-state index contributed by atoms with van der Waals surface area (Å²) in [7, 11) is 0. The Bertz CT molecular complexity index is 934. The summed E-state index contributed by atoms with van der Waals surface area (Å²) in [6.07, 6.45) is 5.59. The fourth-order valence-electron chi connectivity index (χ4n) is 4.54. The molecule has 31 heavy (non-hydrogen) atoms. The van der Waals surface area contributed by atoms with Crippen molar-refractivity contribution in [2.45, 2.75) is 56.9 Å². The van der Waals surface area contributed by atoms with Gasteiger partial charge in [0, 0.05) is 18.0 Å².